The van der Waals surface area contributed by atoms with Crippen LogP contribution in [0.1, 0.15) is 26.2 Å². The van der Waals surface area contributed by atoms with E-state index in [0.29, 0.717) is 12.6 Å². The van der Waals surface area contributed by atoms with E-state index in [4.69, 9.17) is 9.47 Å². The number of hydrogen-bond donors (Lipinski definition) is 2. The summed E-state index contributed by atoms with van der Waals surface area (Å²) in [5.41, 5.74) is 1.11. The molecule has 2 rings (SSSR count). The van der Waals surface area contributed by atoms with Crippen LogP contribution in [-0.2, 0) is 0 Å². The van der Waals surface area contributed by atoms with Crippen molar-refractivity contribution in [2.45, 2.75) is 32.2 Å². The molecule has 1 aromatic rings. The lowest BCUT2D eigenvalue weighted by Gasteiger charge is -2.19. The summed E-state index contributed by atoms with van der Waals surface area (Å²) in [6.07, 6.45) is 3.60. The molecule has 1 atom stereocenters. The highest BCUT2D eigenvalue weighted by Crippen LogP contribution is 2.30. The number of nitrogens with one attached hydrogen (secondary N) is 2. The Hall–Kier alpha value is -1.42. The molecule has 0 spiro atoms. The summed E-state index contributed by atoms with van der Waals surface area (Å²) < 4.78 is 10.9. The van der Waals surface area contributed by atoms with Crippen LogP contribution in [0.5, 0.6) is 11.5 Å². The predicted octanol–water partition coefficient (Wildman–Crippen LogP) is 2.65. The molecule has 4 heteroatoms. The Morgan fingerprint density at radius 3 is 2.95 bits per heavy atom. The Labute approximate surface area is 115 Å². The molecule has 1 unspecified atom stereocenters. The standard InChI is InChI=1S/C15H24N2O2/c1-3-19-15-11-13(6-7-14(15)18-2)17-12-5-4-9-16-10-8-12/h6-7,11-12,16-17H,3-5,8-10H2,1-2H3. The quantitative estimate of drug-likeness (QED) is 0.858. The van der Waals surface area contributed by atoms with E-state index >= 15 is 0 Å². The van der Waals surface area contributed by atoms with Gasteiger partial charge in [0.25, 0.3) is 0 Å². The van der Waals surface area contributed by atoms with Gasteiger partial charge in [0.05, 0.1) is 13.7 Å². The van der Waals surface area contributed by atoms with Gasteiger partial charge in [-0.1, -0.05) is 0 Å². The Morgan fingerprint density at radius 2 is 2.16 bits per heavy atom. The summed E-state index contributed by atoms with van der Waals surface area (Å²) in [5, 5.41) is 7.02. The molecule has 106 valence electrons. The molecule has 0 aliphatic carbocycles. The fourth-order valence-corrected chi connectivity index (χ4v) is 2.43. The minimum Gasteiger partial charge on any atom is -0.493 e. The van der Waals surface area contributed by atoms with E-state index < -0.39 is 0 Å². The third-order valence-electron chi connectivity index (χ3n) is 3.41. The van der Waals surface area contributed by atoms with Crippen molar-refractivity contribution >= 4 is 5.69 Å². The minimum absolute atomic E-state index is 0.540. The zero-order valence-electron chi connectivity index (χ0n) is 11.9. The van der Waals surface area contributed by atoms with E-state index in [1.54, 1.807) is 7.11 Å². The highest BCUT2D eigenvalue weighted by Gasteiger charge is 2.12. The molecule has 2 N–H and O–H groups in total. The van der Waals surface area contributed by atoms with Gasteiger partial charge in [-0.2, -0.15) is 0 Å². The van der Waals surface area contributed by atoms with Gasteiger partial charge in [-0.3, -0.25) is 0 Å². The third kappa shape index (κ3) is 4.03. The molecular formula is C15H24N2O2. The van der Waals surface area contributed by atoms with Crippen molar-refractivity contribution in [3.05, 3.63) is 18.2 Å². The summed E-state index contributed by atoms with van der Waals surface area (Å²) in [4.78, 5) is 0. The number of ether oxygens (including phenoxy) is 2. The van der Waals surface area contributed by atoms with Crippen LogP contribution in [0.25, 0.3) is 0 Å². The molecule has 1 fully saturated rings. The second-order valence-corrected chi connectivity index (χ2v) is 4.82. The molecular weight excluding hydrogens is 240 g/mol. The van der Waals surface area contributed by atoms with E-state index in [-0.39, 0.29) is 0 Å². The van der Waals surface area contributed by atoms with Crippen LogP contribution in [0.15, 0.2) is 18.2 Å². The second kappa shape index (κ2) is 7.24. The SMILES string of the molecule is CCOc1cc(NC2CCCNCC2)ccc1OC. The molecule has 0 radical (unpaired) electrons. The topological polar surface area (TPSA) is 42.5 Å². The first-order chi connectivity index (χ1) is 9.33. The maximum absolute atomic E-state index is 5.61. The largest absolute Gasteiger partial charge is 0.493 e. The maximum Gasteiger partial charge on any atom is 0.163 e. The van der Waals surface area contributed by atoms with E-state index in [1.807, 2.05) is 19.1 Å². The van der Waals surface area contributed by atoms with Crippen LogP contribution >= 0.6 is 0 Å². The van der Waals surface area contributed by atoms with Gasteiger partial charge >= 0.3 is 0 Å². The van der Waals surface area contributed by atoms with Gasteiger partial charge in [-0.15, -0.1) is 0 Å². The van der Waals surface area contributed by atoms with Crippen molar-refractivity contribution in [1.82, 2.24) is 5.32 Å². The summed E-state index contributed by atoms with van der Waals surface area (Å²) >= 11 is 0. The summed E-state index contributed by atoms with van der Waals surface area (Å²) in [5.74, 6) is 1.59. The average molecular weight is 264 g/mol. The highest BCUT2D eigenvalue weighted by atomic mass is 16.5. The molecule has 0 saturated carbocycles. The molecule has 4 nitrogen and oxygen atoms in total. The Bertz CT molecular complexity index is 388. The monoisotopic (exact) mass is 264 g/mol. The van der Waals surface area contributed by atoms with Gasteiger partial charge in [-0.05, 0) is 51.4 Å². The predicted molar refractivity (Wildman–Crippen MR) is 78.3 cm³/mol. The van der Waals surface area contributed by atoms with Crippen LogP contribution in [0, 0.1) is 0 Å². The Kier molecular flexibility index (Phi) is 5.33. The number of methoxy groups -OCH3 is 1. The van der Waals surface area contributed by atoms with Crippen molar-refractivity contribution in [2.75, 3.05) is 32.1 Å². The summed E-state index contributed by atoms with van der Waals surface area (Å²) in [7, 11) is 1.67. The summed E-state index contributed by atoms with van der Waals surface area (Å²) in [6, 6.07) is 6.58. The van der Waals surface area contributed by atoms with Crippen LogP contribution in [-0.4, -0.2) is 32.8 Å². The number of anilines is 1. The fourth-order valence-electron chi connectivity index (χ4n) is 2.43. The highest BCUT2D eigenvalue weighted by molar-refractivity contribution is 5.55. The molecule has 0 amide bonds. The molecule has 1 aliphatic rings. The maximum atomic E-state index is 5.61. The molecule has 1 aliphatic heterocycles. The lowest BCUT2D eigenvalue weighted by atomic mass is 10.1. The van der Waals surface area contributed by atoms with Crippen LogP contribution in [0.3, 0.4) is 0 Å². The molecule has 0 aromatic heterocycles. The Morgan fingerprint density at radius 1 is 1.26 bits per heavy atom. The smallest absolute Gasteiger partial charge is 0.163 e. The van der Waals surface area contributed by atoms with E-state index in [1.165, 1.54) is 12.8 Å². The lowest BCUT2D eigenvalue weighted by molar-refractivity contribution is 0.311. The number of hydrogen-bond acceptors (Lipinski definition) is 4. The molecule has 0 bridgehead atoms. The van der Waals surface area contributed by atoms with E-state index in [2.05, 4.69) is 16.7 Å². The van der Waals surface area contributed by atoms with Crippen LogP contribution < -0.4 is 20.1 Å². The second-order valence-electron chi connectivity index (χ2n) is 4.82. The Balaban J connectivity index is 2.04. The van der Waals surface area contributed by atoms with E-state index in [0.717, 1.165) is 36.7 Å². The summed E-state index contributed by atoms with van der Waals surface area (Å²) in [6.45, 7) is 4.85. The van der Waals surface area contributed by atoms with Gasteiger partial charge in [0.15, 0.2) is 11.5 Å². The lowest BCUT2D eigenvalue weighted by Crippen LogP contribution is -2.21. The van der Waals surface area contributed by atoms with Crippen molar-refractivity contribution in [2.24, 2.45) is 0 Å². The first kappa shape index (κ1) is 14.0. The molecule has 19 heavy (non-hydrogen) atoms. The number of benzene rings is 1. The van der Waals surface area contributed by atoms with Gasteiger partial charge in [0.2, 0.25) is 0 Å². The zero-order chi connectivity index (χ0) is 13.5. The molecule has 1 aromatic carbocycles. The minimum atomic E-state index is 0.540. The number of rotatable bonds is 5. The first-order valence-electron chi connectivity index (χ1n) is 7.11. The first-order valence-corrected chi connectivity index (χ1v) is 7.11. The van der Waals surface area contributed by atoms with Crippen LogP contribution in [0.4, 0.5) is 5.69 Å². The average Bonchev–Trinajstić information content (AvgIpc) is 2.68. The zero-order valence-corrected chi connectivity index (χ0v) is 11.9. The van der Waals surface area contributed by atoms with Crippen molar-refractivity contribution < 1.29 is 9.47 Å². The van der Waals surface area contributed by atoms with Gasteiger partial charge < -0.3 is 20.1 Å². The van der Waals surface area contributed by atoms with Crippen molar-refractivity contribution in [3.63, 3.8) is 0 Å². The van der Waals surface area contributed by atoms with Gasteiger partial charge in [0.1, 0.15) is 0 Å². The fraction of sp³-hybridized carbons (Fsp3) is 0.600. The van der Waals surface area contributed by atoms with Gasteiger partial charge in [0, 0.05) is 17.8 Å². The molecule has 1 heterocycles. The third-order valence-corrected chi connectivity index (χ3v) is 3.41. The molecule has 1 saturated heterocycles. The van der Waals surface area contributed by atoms with Gasteiger partial charge in [-0.25, -0.2) is 0 Å². The van der Waals surface area contributed by atoms with Crippen LogP contribution in [0.2, 0.25) is 0 Å². The van der Waals surface area contributed by atoms with E-state index in [9.17, 15) is 0 Å². The van der Waals surface area contributed by atoms with Crippen molar-refractivity contribution in [1.29, 1.82) is 0 Å². The normalized spacial score (nSPS) is 19.6. The van der Waals surface area contributed by atoms with Crippen molar-refractivity contribution in [3.8, 4) is 11.5 Å².